The summed E-state index contributed by atoms with van der Waals surface area (Å²) in [5.41, 5.74) is 1.96. The van der Waals surface area contributed by atoms with Crippen LogP contribution in [0.1, 0.15) is 64.6 Å². The lowest BCUT2D eigenvalue weighted by Crippen LogP contribution is -2.31. The molecule has 1 N–H and O–H groups in total. The fourth-order valence-corrected chi connectivity index (χ4v) is 3.40. The van der Waals surface area contributed by atoms with Gasteiger partial charge in [-0.15, -0.1) is 0 Å². The molecule has 0 bridgehead atoms. The van der Waals surface area contributed by atoms with Crippen LogP contribution in [0.15, 0.2) is 24.3 Å². The highest BCUT2D eigenvalue weighted by Crippen LogP contribution is 2.18. The van der Waals surface area contributed by atoms with Gasteiger partial charge < -0.3 is 14.8 Å². The highest BCUT2D eigenvalue weighted by molar-refractivity contribution is 5.81. The number of fused-ring (bicyclic) bond motifs is 1. The number of carbonyl (C=O) groups is 2. The van der Waals surface area contributed by atoms with Crippen molar-refractivity contribution in [3.63, 3.8) is 0 Å². The molecule has 29 heavy (non-hydrogen) atoms. The third-order valence-corrected chi connectivity index (χ3v) is 5.18. The minimum absolute atomic E-state index is 0.126. The first-order chi connectivity index (χ1) is 14.1. The van der Waals surface area contributed by atoms with Crippen molar-refractivity contribution < 1.29 is 9.59 Å². The summed E-state index contributed by atoms with van der Waals surface area (Å²) in [7, 11) is 1.88. The maximum Gasteiger partial charge on any atom is 0.242 e. The van der Waals surface area contributed by atoms with Gasteiger partial charge in [-0.1, -0.05) is 38.8 Å². The molecule has 0 unspecified atom stereocenters. The largest absolute Gasteiger partial charge is 0.356 e. The molecule has 1 aromatic heterocycles. The Morgan fingerprint density at radius 3 is 2.62 bits per heavy atom. The number of nitrogens with one attached hydrogen (secondary N) is 1. The van der Waals surface area contributed by atoms with Crippen molar-refractivity contribution in [1.82, 2.24) is 19.8 Å². The van der Waals surface area contributed by atoms with Crippen LogP contribution in [0.25, 0.3) is 11.0 Å². The van der Waals surface area contributed by atoms with Gasteiger partial charge in [-0.05, 0) is 37.8 Å². The van der Waals surface area contributed by atoms with Crippen LogP contribution in [0.5, 0.6) is 0 Å². The van der Waals surface area contributed by atoms with Gasteiger partial charge in [-0.3, -0.25) is 9.59 Å². The van der Waals surface area contributed by atoms with Crippen LogP contribution in [0, 0.1) is 0 Å². The number of unbranched alkanes of at least 4 members (excludes halogenated alkanes) is 3. The highest BCUT2D eigenvalue weighted by atomic mass is 16.2. The Bertz CT molecular complexity index is 784. The van der Waals surface area contributed by atoms with Crippen LogP contribution >= 0.6 is 0 Å². The summed E-state index contributed by atoms with van der Waals surface area (Å²) in [5, 5.41) is 2.96. The van der Waals surface area contributed by atoms with E-state index < -0.39 is 0 Å². The molecular formula is C23H36N4O2. The second kappa shape index (κ2) is 12.2. The fraction of sp³-hybridized carbons (Fsp3) is 0.609. The van der Waals surface area contributed by atoms with Gasteiger partial charge in [0.1, 0.15) is 12.4 Å². The van der Waals surface area contributed by atoms with E-state index in [4.69, 9.17) is 4.98 Å². The van der Waals surface area contributed by atoms with Crippen LogP contribution < -0.4 is 5.32 Å². The molecule has 1 heterocycles. The molecule has 6 nitrogen and oxygen atoms in total. The van der Waals surface area contributed by atoms with Crippen molar-refractivity contribution in [1.29, 1.82) is 0 Å². The zero-order valence-corrected chi connectivity index (χ0v) is 18.2. The summed E-state index contributed by atoms with van der Waals surface area (Å²) in [6.07, 6.45) is 7.41. The molecule has 0 aliphatic rings. The standard InChI is InChI=1S/C23H36N4O2/c1-4-6-17-26(3)23(29)18-27-20-14-10-9-13-19(20)25-21(27)15-8-7-11-16-24-22(28)12-5-2/h9-10,13-14H,4-8,11-12,15-18H2,1-3H3,(H,24,28). The number of aryl methyl sites for hydroxylation is 1. The normalized spacial score (nSPS) is 11.0. The van der Waals surface area contributed by atoms with Crippen molar-refractivity contribution in [3.8, 4) is 0 Å². The second-order valence-electron chi connectivity index (χ2n) is 7.68. The average Bonchev–Trinajstić information content (AvgIpc) is 3.06. The van der Waals surface area contributed by atoms with Gasteiger partial charge in [-0.25, -0.2) is 4.98 Å². The summed E-state index contributed by atoms with van der Waals surface area (Å²) in [6, 6.07) is 8.02. The zero-order valence-electron chi connectivity index (χ0n) is 18.2. The topological polar surface area (TPSA) is 67.2 Å². The number of carbonyl (C=O) groups excluding carboxylic acids is 2. The smallest absolute Gasteiger partial charge is 0.242 e. The maximum atomic E-state index is 12.7. The minimum atomic E-state index is 0.126. The number of hydrogen-bond donors (Lipinski definition) is 1. The number of imidazole rings is 1. The third kappa shape index (κ3) is 7.18. The average molecular weight is 401 g/mol. The number of rotatable bonds is 13. The number of amides is 2. The van der Waals surface area contributed by atoms with Gasteiger partial charge >= 0.3 is 0 Å². The number of benzene rings is 1. The van der Waals surface area contributed by atoms with Crippen molar-refractivity contribution >= 4 is 22.8 Å². The molecule has 1 aromatic carbocycles. The summed E-state index contributed by atoms with van der Waals surface area (Å²) < 4.78 is 2.07. The Morgan fingerprint density at radius 2 is 1.86 bits per heavy atom. The molecule has 0 aliphatic heterocycles. The minimum Gasteiger partial charge on any atom is -0.356 e. The number of aromatic nitrogens is 2. The van der Waals surface area contributed by atoms with Gasteiger partial charge in [0.15, 0.2) is 0 Å². The summed E-state index contributed by atoms with van der Waals surface area (Å²) in [4.78, 5) is 30.8. The van der Waals surface area contributed by atoms with Crippen molar-refractivity contribution in [3.05, 3.63) is 30.1 Å². The van der Waals surface area contributed by atoms with E-state index in [-0.39, 0.29) is 11.8 Å². The lowest BCUT2D eigenvalue weighted by molar-refractivity contribution is -0.130. The lowest BCUT2D eigenvalue weighted by Gasteiger charge is -2.18. The molecule has 0 aliphatic carbocycles. The first kappa shape index (κ1) is 22.9. The van der Waals surface area contributed by atoms with Crippen LogP contribution in [-0.2, 0) is 22.6 Å². The van der Waals surface area contributed by atoms with Gasteiger partial charge in [-0.2, -0.15) is 0 Å². The SMILES string of the molecule is CCCCN(C)C(=O)Cn1c(CCCCCNC(=O)CCC)nc2ccccc21. The Labute approximate surface area is 174 Å². The molecule has 160 valence electrons. The molecule has 0 radical (unpaired) electrons. The van der Waals surface area contributed by atoms with E-state index >= 15 is 0 Å². The van der Waals surface area contributed by atoms with E-state index in [1.165, 1.54) is 0 Å². The van der Waals surface area contributed by atoms with Crippen LogP contribution in [0.3, 0.4) is 0 Å². The summed E-state index contributed by atoms with van der Waals surface area (Å²) >= 11 is 0. The predicted octanol–water partition coefficient (Wildman–Crippen LogP) is 3.92. The Balaban J connectivity index is 1.93. The maximum absolute atomic E-state index is 12.7. The van der Waals surface area contributed by atoms with Gasteiger partial charge in [0.2, 0.25) is 11.8 Å². The van der Waals surface area contributed by atoms with Crippen LogP contribution in [0.4, 0.5) is 0 Å². The highest BCUT2D eigenvalue weighted by Gasteiger charge is 2.15. The Kier molecular flexibility index (Phi) is 9.68. The molecule has 2 rings (SSSR count). The molecule has 2 aromatic rings. The molecular weight excluding hydrogens is 364 g/mol. The molecule has 0 fully saturated rings. The van der Waals surface area contributed by atoms with Gasteiger partial charge in [0, 0.05) is 33.0 Å². The molecule has 0 saturated carbocycles. The van der Waals surface area contributed by atoms with E-state index in [0.29, 0.717) is 13.0 Å². The molecule has 0 saturated heterocycles. The predicted molar refractivity (Wildman–Crippen MR) is 118 cm³/mol. The van der Waals surface area contributed by atoms with E-state index in [1.54, 1.807) is 0 Å². The second-order valence-corrected chi connectivity index (χ2v) is 7.68. The molecule has 6 heteroatoms. The summed E-state index contributed by atoms with van der Waals surface area (Å²) in [5.74, 6) is 1.24. The molecule has 2 amide bonds. The van der Waals surface area contributed by atoms with Gasteiger partial charge in [0.25, 0.3) is 0 Å². The monoisotopic (exact) mass is 400 g/mol. The quantitative estimate of drug-likeness (QED) is 0.518. The number of nitrogens with zero attached hydrogens (tertiary/aromatic N) is 3. The third-order valence-electron chi connectivity index (χ3n) is 5.18. The van der Waals surface area contributed by atoms with Crippen molar-refractivity contribution in [2.75, 3.05) is 20.1 Å². The van der Waals surface area contributed by atoms with E-state index in [2.05, 4.69) is 16.8 Å². The molecule has 0 spiro atoms. The first-order valence-electron chi connectivity index (χ1n) is 11.0. The van der Waals surface area contributed by atoms with Gasteiger partial charge in [0.05, 0.1) is 11.0 Å². The molecule has 0 atom stereocenters. The van der Waals surface area contributed by atoms with E-state index in [1.807, 2.05) is 43.1 Å². The lowest BCUT2D eigenvalue weighted by atomic mass is 10.2. The number of hydrogen-bond acceptors (Lipinski definition) is 3. The number of para-hydroxylation sites is 2. The Morgan fingerprint density at radius 1 is 1.07 bits per heavy atom. The fourth-order valence-electron chi connectivity index (χ4n) is 3.40. The Hall–Kier alpha value is -2.37. The van der Waals surface area contributed by atoms with E-state index in [9.17, 15) is 9.59 Å². The van der Waals surface area contributed by atoms with Crippen molar-refractivity contribution in [2.45, 2.75) is 71.8 Å². The van der Waals surface area contributed by atoms with Crippen molar-refractivity contribution in [2.24, 2.45) is 0 Å². The number of likely N-dealkylation sites (N-methyl/N-ethyl adjacent to an activating group) is 1. The first-order valence-corrected chi connectivity index (χ1v) is 11.0. The van der Waals surface area contributed by atoms with Crippen LogP contribution in [-0.4, -0.2) is 46.4 Å². The zero-order chi connectivity index (χ0) is 21.1. The van der Waals surface area contributed by atoms with E-state index in [0.717, 1.165) is 74.9 Å². The summed E-state index contributed by atoms with van der Waals surface area (Å²) in [6.45, 7) is 6.01. The van der Waals surface area contributed by atoms with Crippen LogP contribution in [0.2, 0.25) is 0 Å².